The number of aryl methyl sites for hydroxylation is 2. The number of carbonyl (C=O) groups excluding carboxylic acids is 3. The molecule has 42 heavy (non-hydrogen) atoms. The largest absolute Gasteiger partial charge is 0.478 e. The number of carboxylic acid groups (broad SMARTS) is 1. The van der Waals surface area contributed by atoms with Crippen LogP contribution in [0.25, 0.3) is 11.0 Å². The number of hydrogen-bond donors (Lipinski definition) is 3. The molecule has 0 unspecified atom stereocenters. The maximum absolute atomic E-state index is 13.3. The lowest BCUT2D eigenvalue weighted by atomic mass is 10.1. The van der Waals surface area contributed by atoms with Gasteiger partial charge in [0.2, 0.25) is 5.95 Å². The number of carbonyl (C=O) groups is 4. The second-order valence-electron chi connectivity index (χ2n) is 12.1. The van der Waals surface area contributed by atoms with Gasteiger partial charge >= 0.3 is 18.0 Å². The van der Waals surface area contributed by atoms with Crippen LogP contribution < -0.4 is 10.6 Å². The van der Waals surface area contributed by atoms with Crippen molar-refractivity contribution < 1.29 is 33.8 Å². The number of esters is 1. The van der Waals surface area contributed by atoms with Crippen molar-refractivity contribution in [2.24, 2.45) is 0 Å². The monoisotopic (exact) mass is 580 g/mol. The fourth-order valence-corrected chi connectivity index (χ4v) is 4.21. The minimum atomic E-state index is -1.06. The molecule has 0 saturated heterocycles. The summed E-state index contributed by atoms with van der Waals surface area (Å²) in [7, 11) is 0. The van der Waals surface area contributed by atoms with Gasteiger partial charge in [0.05, 0.1) is 22.2 Å². The third-order valence-corrected chi connectivity index (χ3v) is 6.00. The van der Waals surface area contributed by atoms with E-state index in [1.807, 2.05) is 0 Å². The minimum Gasteiger partial charge on any atom is -0.478 e. The van der Waals surface area contributed by atoms with E-state index in [4.69, 9.17) is 9.47 Å². The third kappa shape index (κ3) is 9.05. The Morgan fingerprint density at radius 1 is 0.881 bits per heavy atom. The first kappa shape index (κ1) is 32.1. The quantitative estimate of drug-likeness (QED) is 0.197. The molecule has 3 N–H and O–H groups in total. The Morgan fingerprint density at radius 2 is 1.55 bits per heavy atom. The van der Waals surface area contributed by atoms with E-state index in [2.05, 4.69) is 15.6 Å². The molecular formula is C31H40N4O7. The topological polar surface area (TPSA) is 149 Å². The summed E-state index contributed by atoms with van der Waals surface area (Å²) in [5.74, 6) is -1.82. The van der Waals surface area contributed by atoms with E-state index in [0.29, 0.717) is 42.5 Å². The number of nitrogens with zero attached hydrogens (tertiary/aromatic N) is 2. The van der Waals surface area contributed by atoms with Crippen molar-refractivity contribution in [1.82, 2.24) is 14.9 Å². The number of benzene rings is 2. The summed E-state index contributed by atoms with van der Waals surface area (Å²) in [6.45, 7) is 13.3. The van der Waals surface area contributed by atoms with Gasteiger partial charge in [-0.25, -0.2) is 19.4 Å². The van der Waals surface area contributed by atoms with Gasteiger partial charge in [-0.05, 0) is 104 Å². The Bertz CT molecular complexity index is 1480. The summed E-state index contributed by atoms with van der Waals surface area (Å²) in [5, 5.41) is 15.2. The van der Waals surface area contributed by atoms with E-state index in [9.17, 15) is 24.3 Å². The van der Waals surface area contributed by atoms with Gasteiger partial charge in [-0.3, -0.25) is 10.1 Å². The number of carboxylic acids is 1. The van der Waals surface area contributed by atoms with Crippen molar-refractivity contribution in [3.8, 4) is 0 Å². The highest BCUT2D eigenvalue weighted by Crippen LogP contribution is 2.26. The highest BCUT2D eigenvalue weighted by atomic mass is 16.6. The highest BCUT2D eigenvalue weighted by molar-refractivity contribution is 6.06. The summed E-state index contributed by atoms with van der Waals surface area (Å²) in [5.41, 5.74) is 1.16. The number of amides is 2. The van der Waals surface area contributed by atoms with Gasteiger partial charge in [0.1, 0.15) is 11.2 Å². The number of nitrogens with one attached hydrogen (secondary N) is 2. The number of rotatable bonds is 10. The number of anilines is 1. The molecule has 3 aromatic rings. The summed E-state index contributed by atoms with van der Waals surface area (Å²) < 4.78 is 12.5. The van der Waals surface area contributed by atoms with Gasteiger partial charge < -0.3 is 24.5 Å². The predicted molar refractivity (Wildman–Crippen MR) is 159 cm³/mol. The van der Waals surface area contributed by atoms with E-state index in [0.717, 1.165) is 6.42 Å². The Morgan fingerprint density at radius 3 is 2.19 bits per heavy atom. The van der Waals surface area contributed by atoms with Crippen LogP contribution in [0.3, 0.4) is 0 Å². The Balaban J connectivity index is 1.79. The lowest BCUT2D eigenvalue weighted by molar-refractivity contribution is 0.00689. The first-order chi connectivity index (χ1) is 19.5. The number of imidazole rings is 1. The standard InChI is InChI=1S/C31H40N4O7/c1-19-16-22(26(37)38)18-23-24(19)33-28(35(23)15-10-8-9-14-32-29(40)42-31(5,6)7)34-25(36)20-12-11-13-21(17-20)27(39)41-30(2,3)4/h11-13,16-18H,8-10,14-15H2,1-7H3,(H,32,40)(H,37,38)(H,33,34,36). The number of fused-ring (bicyclic) bond motifs is 1. The molecule has 0 radical (unpaired) electrons. The molecule has 2 aromatic carbocycles. The van der Waals surface area contributed by atoms with Crippen LogP contribution in [0.1, 0.15) is 97.4 Å². The predicted octanol–water partition coefficient (Wildman–Crippen LogP) is 5.95. The Labute approximate surface area is 245 Å². The van der Waals surface area contributed by atoms with Gasteiger partial charge in [0, 0.05) is 18.7 Å². The zero-order chi connectivity index (χ0) is 31.2. The molecule has 11 heteroatoms. The average molecular weight is 581 g/mol. The Hall–Kier alpha value is -4.41. The highest BCUT2D eigenvalue weighted by Gasteiger charge is 2.21. The zero-order valence-corrected chi connectivity index (χ0v) is 25.3. The number of unbranched alkanes of at least 4 members (excludes halogenated alkanes) is 2. The van der Waals surface area contributed by atoms with Crippen molar-refractivity contribution in [1.29, 1.82) is 0 Å². The van der Waals surface area contributed by atoms with Gasteiger partial charge in [-0.2, -0.15) is 0 Å². The molecule has 0 fully saturated rings. The van der Waals surface area contributed by atoms with Crippen molar-refractivity contribution in [2.75, 3.05) is 11.9 Å². The zero-order valence-electron chi connectivity index (χ0n) is 25.3. The molecule has 0 bridgehead atoms. The van der Waals surface area contributed by atoms with E-state index < -0.39 is 35.1 Å². The van der Waals surface area contributed by atoms with Crippen molar-refractivity contribution in [3.05, 3.63) is 58.7 Å². The molecule has 1 heterocycles. The van der Waals surface area contributed by atoms with Gasteiger partial charge in [-0.1, -0.05) is 6.07 Å². The van der Waals surface area contributed by atoms with Gasteiger partial charge in [0.15, 0.2) is 0 Å². The van der Waals surface area contributed by atoms with E-state index >= 15 is 0 Å². The smallest absolute Gasteiger partial charge is 0.407 e. The van der Waals surface area contributed by atoms with Crippen LogP contribution in [0.15, 0.2) is 36.4 Å². The Kier molecular flexibility index (Phi) is 9.98. The first-order valence-corrected chi connectivity index (χ1v) is 13.9. The molecule has 0 aliphatic rings. The van der Waals surface area contributed by atoms with E-state index in [1.54, 1.807) is 83.4 Å². The fourth-order valence-electron chi connectivity index (χ4n) is 4.21. The maximum Gasteiger partial charge on any atom is 0.407 e. The average Bonchev–Trinajstić information content (AvgIpc) is 3.21. The molecule has 11 nitrogen and oxygen atoms in total. The number of aromatic carboxylic acids is 1. The van der Waals surface area contributed by atoms with Crippen molar-refractivity contribution in [2.45, 2.75) is 85.5 Å². The molecule has 3 rings (SSSR count). The fraction of sp³-hybridized carbons (Fsp3) is 0.452. The molecular weight excluding hydrogens is 540 g/mol. The summed E-state index contributed by atoms with van der Waals surface area (Å²) in [6, 6.07) is 9.31. The molecule has 0 atom stereocenters. The SMILES string of the molecule is Cc1cc(C(=O)O)cc2c1nc(NC(=O)c1cccc(C(=O)OC(C)(C)C)c1)n2CCCCCNC(=O)OC(C)(C)C. The van der Waals surface area contributed by atoms with E-state index in [-0.39, 0.29) is 22.6 Å². The molecule has 2 amide bonds. The normalized spacial score (nSPS) is 11.7. The lowest BCUT2D eigenvalue weighted by Crippen LogP contribution is -2.33. The van der Waals surface area contributed by atoms with Crippen LogP contribution in [-0.4, -0.2) is 56.3 Å². The van der Waals surface area contributed by atoms with Crippen LogP contribution in [0.4, 0.5) is 10.7 Å². The second kappa shape index (κ2) is 13.1. The van der Waals surface area contributed by atoms with Crippen LogP contribution >= 0.6 is 0 Å². The van der Waals surface area contributed by atoms with Crippen molar-refractivity contribution in [3.63, 3.8) is 0 Å². The second-order valence-corrected chi connectivity index (χ2v) is 12.1. The molecule has 0 aliphatic heterocycles. The number of hydrogen-bond acceptors (Lipinski definition) is 7. The third-order valence-electron chi connectivity index (χ3n) is 6.00. The molecule has 1 aromatic heterocycles. The van der Waals surface area contributed by atoms with Crippen molar-refractivity contribution >= 4 is 40.9 Å². The summed E-state index contributed by atoms with van der Waals surface area (Å²) in [4.78, 5) is 54.1. The van der Waals surface area contributed by atoms with Gasteiger partial charge in [0.25, 0.3) is 5.91 Å². The first-order valence-electron chi connectivity index (χ1n) is 13.9. The number of ether oxygens (including phenoxy) is 2. The molecule has 226 valence electrons. The minimum absolute atomic E-state index is 0.116. The summed E-state index contributed by atoms with van der Waals surface area (Å²) >= 11 is 0. The number of alkyl carbamates (subject to hydrolysis) is 1. The molecule has 0 aliphatic carbocycles. The number of aromatic nitrogens is 2. The van der Waals surface area contributed by atoms with Crippen LogP contribution in [0.5, 0.6) is 0 Å². The van der Waals surface area contributed by atoms with Gasteiger partial charge in [-0.15, -0.1) is 0 Å². The van der Waals surface area contributed by atoms with E-state index in [1.165, 1.54) is 6.07 Å². The van der Waals surface area contributed by atoms with Crippen LogP contribution in [-0.2, 0) is 16.0 Å². The summed E-state index contributed by atoms with van der Waals surface area (Å²) in [6.07, 6.45) is 1.65. The van der Waals surface area contributed by atoms with Crippen LogP contribution in [0.2, 0.25) is 0 Å². The molecule has 0 spiro atoms. The maximum atomic E-state index is 13.3. The molecule has 0 saturated carbocycles. The van der Waals surface area contributed by atoms with Crippen LogP contribution in [0, 0.1) is 6.92 Å². The lowest BCUT2D eigenvalue weighted by Gasteiger charge is -2.19.